The van der Waals surface area contributed by atoms with Gasteiger partial charge in [0.05, 0.1) is 4.90 Å². The molecule has 0 spiro atoms. The zero-order chi connectivity index (χ0) is 14.6. The van der Waals surface area contributed by atoms with Gasteiger partial charge in [-0.3, -0.25) is 0 Å². The Labute approximate surface area is 131 Å². The highest BCUT2D eigenvalue weighted by molar-refractivity contribution is 9.11. The Morgan fingerprint density at radius 2 is 1.79 bits per heavy atom. The smallest absolute Gasteiger partial charge is 0.241 e. The molecule has 0 aliphatic carbocycles. The summed E-state index contributed by atoms with van der Waals surface area (Å²) in [5, 5.41) is 3.16. The molecule has 108 valence electrons. The first-order valence-corrected chi connectivity index (χ1v) is 8.99. The van der Waals surface area contributed by atoms with Crippen LogP contribution in [0.15, 0.2) is 26.0 Å². The van der Waals surface area contributed by atoms with Crippen molar-refractivity contribution in [2.45, 2.75) is 31.7 Å². The van der Waals surface area contributed by atoms with Gasteiger partial charge in [-0.1, -0.05) is 29.8 Å². The van der Waals surface area contributed by atoms with E-state index in [0.717, 1.165) is 10.0 Å². The number of hydrogen-bond acceptors (Lipinski definition) is 3. The molecule has 0 aliphatic heterocycles. The molecule has 0 heterocycles. The summed E-state index contributed by atoms with van der Waals surface area (Å²) >= 11 is 6.64. The van der Waals surface area contributed by atoms with Crippen LogP contribution in [0.2, 0.25) is 0 Å². The molecule has 0 radical (unpaired) electrons. The van der Waals surface area contributed by atoms with E-state index in [1.54, 1.807) is 12.1 Å². The second-order valence-electron chi connectivity index (χ2n) is 4.54. The second kappa shape index (κ2) is 7.17. The van der Waals surface area contributed by atoms with Gasteiger partial charge in [-0.2, -0.15) is 0 Å². The van der Waals surface area contributed by atoms with Crippen LogP contribution in [-0.2, 0) is 10.0 Å². The normalized spacial score (nSPS) is 12.1. The lowest BCUT2D eigenvalue weighted by Crippen LogP contribution is -2.34. The Bertz CT molecular complexity index is 545. The van der Waals surface area contributed by atoms with Crippen molar-refractivity contribution in [2.75, 3.05) is 13.1 Å². The fourth-order valence-electron chi connectivity index (χ4n) is 1.46. The number of hydrogen-bond donors (Lipinski definition) is 2. The monoisotopic (exact) mass is 412 g/mol. The second-order valence-corrected chi connectivity index (χ2v) is 7.98. The van der Waals surface area contributed by atoms with Gasteiger partial charge in [0, 0.05) is 28.1 Å². The summed E-state index contributed by atoms with van der Waals surface area (Å²) in [5.74, 6) is 0. The van der Waals surface area contributed by atoms with Crippen molar-refractivity contribution >= 4 is 41.9 Å². The number of nitrogens with one attached hydrogen (secondary N) is 2. The van der Waals surface area contributed by atoms with Crippen molar-refractivity contribution in [3.63, 3.8) is 0 Å². The van der Waals surface area contributed by atoms with Gasteiger partial charge < -0.3 is 5.32 Å². The molecule has 0 aliphatic rings. The number of benzene rings is 1. The maximum Gasteiger partial charge on any atom is 0.241 e. The lowest BCUT2D eigenvalue weighted by molar-refractivity contribution is 0.559. The summed E-state index contributed by atoms with van der Waals surface area (Å²) in [6.07, 6.45) is 0. The van der Waals surface area contributed by atoms with Crippen molar-refractivity contribution in [3.05, 3.63) is 26.6 Å². The summed E-state index contributed by atoms with van der Waals surface area (Å²) in [6.45, 7) is 6.90. The quantitative estimate of drug-likeness (QED) is 0.705. The fourth-order valence-corrected chi connectivity index (χ4v) is 4.16. The molecule has 0 atom stereocenters. The highest BCUT2D eigenvalue weighted by Gasteiger charge is 2.18. The molecule has 0 aromatic heterocycles. The first-order chi connectivity index (χ1) is 8.74. The molecule has 1 rings (SSSR count). The first-order valence-electron chi connectivity index (χ1n) is 5.92. The van der Waals surface area contributed by atoms with Gasteiger partial charge in [-0.15, -0.1) is 0 Å². The van der Waals surface area contributed by atoms with Crippen LogP contribution >= 0.6 is 31.9 Å². The molecule has 1 aromatic rings. The van der Waals surface area contributed by atoms with Crippen LogP contribution in [0.1, 0.15) is 19.4 Å². The molecule has 2 N–H and O–H groups in total. The van der Waals surface area contributed by atoms with E-state index < -0.39 is 10.0 Å². The molecular weight excluding hydrogens is 396 g/mol. The summed E-state index contributed by atoms with van der Waals surface area (Å²) in [4.78, 5) is 0.245. The van der Waals surface area contributed by atoms with E-state index in [4.69, 9.17) is 0 Å². The van der Waals surface area contributed by atoms with Gasteiger partial charge in [-0.05, 0) is 40.5 Å². The lowest BCUT2D eigenvalue weighted by Gasteiger charge is -2.12. The van der Waals surface area contributed by atoms with E-state index >= 15 is 0 Å². The van der Waals surface area contributed by atoms with Crippen LogP contribution in [0.3, 0.4) is 0 Å². The van der Waals surface area contributed by atoms with Gasteiger partial charge in [0.25, 0.3) is 0 Å². The minimum atomic E-state index is -3.50. The predicted octanol–water partition coefficient (Wildman–Crippen LogP) is 2.80. The highest BCUT2D eigenvalue weighted by Crippen LogP contribution is 2.28. The van der Waals surface area contributed by atoms with E-state index in [-0.39, 0.29) is 4.90 Å². The lowest BCUT2D eigenvalue weighted by atomic mass is 10.2. The predicted molar refractivity (Wildman–Crippen MR) is 84.9 cm³/mol. The van der Waals surface area contributed by atoms with Crippen molar-refractivity contribution in [1.29, 1.82) is 0 Å². The molecule has 0 fully saturated rings. The Morgan fingerprint density at radius 3 is 2.37 bits per heavy atom. The third kappa shape index (κ3) is 5.15. The van der Waals surface area contributed by atoms with Gasteiger partial charge >= 0.3 is 0 Å². The summed E-state index contributed by atoms with van der Waals surface area (Å²) < 4.78 is 28.3. The third-order valence-corrected chi connectivity index (χ3v) is 5.75. The molecule has 7 heteroatoms. The third-order valence-electron chi connectivity index (χ3n) is 2.47. The highest BCUT2D eigenvalue weighted by atomic mass is 79.9. The molecule has 1 aromatic carbocycles. The van der Waals surface area contributed by atoms with Gasteiger partial charge in [0.2, 0.25) is 10.0 Å². The largest absolute Gasteiger partial charge is 0.313 e. The molecule has 0 amide bonds. The fraction of sp³-hybridized carbons (Fsp3) is 0.500. The maximum absolute atomic E-state index is 12.2. The van der Waals surface area contributed by atoms with E-state index in [0.29, 0.717) is 23.6 Å². The van der Waals surface area contributed by atoms with E-state index in [9.17, 15) is 8.42 Å². The van der Waals surface area contributed by atoms with E-state index in [1.165, 1.54) is 0 Å². The summed E-state index contributed by atoms with van der Waals surface area (Å²) in [6, 6.07) is 3.73. The van der Waals surface area contributed by atoms with Crippen molar-refractivity contribution < 1.29 is 8.42 Å². The first kappa shape index (κ1) is 17.1. The van der Waals surface area contributed by atoms with E-state index in [1.807, 2.05) is 20.8 Å². The number of sulfonamides is 1. The van der Waals surface area contributed by atoms with Crippen LogP contribution in [0.5, 0.6) is 0 Å². The Hall–Kier alpha value is 0.0500. The average Bonchev–Trinajstić information content (AvgIpc) is 2.29. The summed E-state index contributed by atoms with van der Waals surface area (Å²) in [5.41, 5.74) is 0.979. The van der Waals surface area contributed by atoms with Gasteiger partial charge in [0.15, 0.2) is 0 Å². The Balaban J connectivity index is 2.80. The standard InChI is InChI=1S/C12H18Br2N2O2S/c1-8(2)15-4-5-16-19(17,18)12-7-10(13)9(3)6-11(12)14/h6-8,15-16H,4-5H2,1-3H3. The van der Waals surface area contributed by atoms with Crippen molar-refractivity contribution in [1.82, 2.24) is 10.0 Å². The van der Waals surface area contributed by atoms with Crippen LogP contribution in [0, 0.1) is 6.92 Å². The van der Waals surface area contributed by atoms with Gasteiger partial charge in [0.1, 0.15) is 0 Å². The zero-order valence-electron chi connectivity index (χ0n) is 11.1. The Kier molecular flexibility index (Phi) is 6.46. The van der Waals surface area contributed by atoms with Gasteiger partial charge in [-0.25, -0.2) is 13.1 Å². The molecule has 0 saturated carbocycles. The molecule has 0 bridgehead atoms. The van der Waals surface area contributed by atoms with Crippen molar-refractivity contribution in [3.8, 4) is 0 Å². The molecule has 19 heavy (non-hydrogen) atoms. The minimum absolute atomic E-state index is 0.245. The topological polar surface area (TPSA) is 58.2 Å². The SMILES string of the molecule is Cc1cc(Br)c(S(=O)(=O)NCCNC(C)C)cc1Br. The Morgan fingerprint density at radius 1 is 1.16 bits per heavy atom. The van der Waals surface area contributed by atoms with E-state index in [2.05, 4.69) is 41.9 Å². The molecular formula is C12H18Br2N2O2S. The number of halogens is 2. The average molecular weight is 414 g/mol. The molecule has 0 saturated heterocycles. The molecule has 0 unspecified atom stereocenters. The van der Waals surface area contributed by atoms with Crippen LogP contribution in [-0.4, -0.2) is 27.5 Å². The van der Waals surface area contributed by atoms with Crippen molar-refractivity contribution in [2.24, 2.45) is 0 Å². The number of aryl methyl sites for hydroxylation is 1. The van der Waals surface area contributed by atoms with Crippen LogP contribution in [0.4, 0.5) is 0 Å². The maximum atomic E-state index is 12.2. The van der Waals surface area contributed by atoms with Crippen LogP contribution in [0.25, 0.3) is 0 Å². The molecule has 4 nitrogen and oxygen atoms in total. The van der Waals surface area contributed by atoms with Crippen LogP contribution < -0.4 is 10.0 Å². The summed E-state index contributed by atoms with van der Waals surface area (Å²) in [7, 11) is -3.50. The minimum Gasteiger partial charge on any atom is -0.313 e. The zero-order valence-corrected chi connectivity index (χ0v) is 15.1. The number of rotatable bonds is 6.